The number of hydrogen-bond acceptors (Lipinski definition) is 6. The number of hydrogen-bond donors (Lipinski definition) is 1. The van der Waals surface area contributed by atoms with Crippen LogP contribution in [0.25, 0.3) is 11.5 Å². The maximum Gasteiger partial charge on any atom is 0.259 e. The van der Waals surface area contributed by atoms with Crippen LogP contribution in [0.15, 0.2) is 22.9 Å². The summed E-state index contributed by atoms with van der Waals surface area (Å²) >= 11 is 0. The fourth-order valence-corrected chi connectivity index (χ4v) is 2.40. The van der Waals surface area contributed by atoms with Gasteiger partial charge in [0.05, 0.1) is 11.7 Å². The van der Waals surface area contributed by atoms with E-state index < -0.39 is 0 Å². The normalized spacial score (nSPS) is 18.6. The SMILES string of the molecule is CC(C)c1noc(-c2ccc(NC[C@H]3CCCCO3)nc2)n1. The smallest absolute Gasteiger partial charge is 0.259 e. The molecule has 22 heavy (non-hydrogen) atoms. The molecule has 0 spiro atoms. The average molecular weight is 302 g/mol. The third-order valence-electron chi connectivity index (χ3n) is 3.75. The summed E-state index contributed by atoms with van der Waals surface area (Å²) < 4.78 is 11.0. The zero-order chi connectivity index (χ0) is 15.4. The number of ether oxygens (including phenoxy) is 1. The van der Waals surface area contributed by atoms with Crippen molar-refractivity contribution in [3.63, 3.8) is 0 Å². The lowest BCUT2D eigenvalue weighted by Crippen LogP contribution is -2.27. The van der Waals surface area contributed by atoms with Gasteiger partial charge in [0.2, 0.25) is 0 Å². The van der Waals surface area contributed by atoms with Gasteiger partial charge in [-0.2, -0.15) is 4.98 Å². The van der Waals surface area contributed by atoms with Crippen LogP contribution in [-0.2, 0) is 4.74 Å². The molecule has 0 bridgehead atoms. The van der Waals surface area contributed by atoms with Crippen LogP contribution in [0.4, 0.5) is 5.82 Å². The van der Waals surface area contributed by atoms with Gasteiger partial charge < -0.3 is 14.6 Å². The largest absolute Gasteiger partial charge is 0.376 e. The number of aromatic nitrogens is 3. The van der Waals surface area contributed by atoms with Gasteiger partial charge in [-0.25, -0.2) is 4.98 Å². The van der Waals surface area contributed by atoms with Gasteiger partial charge in [-0.3, -0.25) is 0 Å². The Morgan fingerprint density at radius 1 is 1.32 bits per heavy atom. The van der Waals surface area contributed by atoms with E-state index >= 15 is 0 Å². The molecule has 6 nitrogen and oxygen atoms in total. The second-order valence-electron chi connectivity index (χ2n) is 5.91. The standard InChI is InChI=1S/C16H22N4O2/c1-11(2)15-19-16(22-20-15)12-6-7-14(17-9-12)18-10-13-5-3-4-8-21-13/h6-7,9,11,13H,3-5,8,10H2,1-2H3,(H,17,18)/t13-/m1/s1. The van der Waals surface area contributed by atoms with Crippen LogP contribution >= 0.6 is 0 Å². The summed E-state index contributed by atoms with van der Waals surface area (Å²) in [7, 11) is 0. The highest BCUT2D eigenvalue weighted by molar-refractivity contribution is 5.54. The molecule has 1 aliphatic heterocycles. The van der Waals surface area contributed by atoms with Crippen LogP contribution < -0.4 is 5.32 Å². The molecule has 0 radical (unpaired) electrons. The van der Waals surface area contributed by atoms with Crippen LogP contribution in [0.3, 0.4) is 0 Å². The van der Waals surface area contributed by atoms with Crippen molar-refractivity contribution in [3.05, 3.63) is 24.2 Å². The third kappa shape index (κ3) is 3.62. The summed E-state index contributed by atoms with van der Waals surface area (Å²) in [5, 5.41) is 7.28. The van der Waals surface area contributed by atoms with Crippen molar-refractivity contribution in [2.45, 2.75) is 45.1 Å². The van der Waals surface area contributed by atoms with Crippen molar-refractivity contribution in [1.29, 1.82) is 0 Å². The Hall–Kier alpha value is -1.95. The maximum absolute atomic E-state index is 5.69. The van der Waals surface area contributed by atoms with Gasteiger partial charge >= 0.3 is 0 Å². The van der Waals surface area contributed by atoms with E-state index in [1.54, 1.807) is 6.20 Å². The number of rotatable bonds is 5. The van der Waals surface area contributed by atoms with Crippen LogP contribution in [0.2, 0.25) is 0 Å². The second-order valence-corrected chi connectivity index (χ2v) is 5.91. The Labute approximate surface area is 130 Å². The van der Waals surface area contributed by atoms with Crippen molar-refractivity contribution in [1.82, 2.24) is 15.1 Å². The summed E-state index contributed by atoms with van der Waals surface area (Å²) in [5.74, 6) is 2.31. The lowest BCUT2D eigenvalue weighted by molar-refractivity contribution is 0.0247. The highest BCUT2D eigenvalue weighted by atomic mass is 16.5. The Balaban J connectivity index is 1.59. The number of nitrogens with one attached hydrogen (secondary N) is 1. The van der Waals surface area contributed by atoms with E-state index in [0.717, 1.165) is 31.0 Å². The molecular formula is C16H22N4O2. The number of nitrogens with zero attached hydrogens (tertiary/aromatic N) is 3. The van der Waals surface area contributed by atoms with Gasteiger partial charge in [0.25, 0.3) is 5.89 Å². The average Bonchev–Trinajstić information content (AvgIpc) is 3.05. The molecule has 1 N–H and O–H groups in total. The van der Waals surface area contributed by atoms with Crippen LogP contribution in [0, 0.1) is 0 Å². The molecule has 0 aromatic carbocycles. The molecule has 3 rings (SSSR count). The van der Waals surface area contributed by atoms with Crippen molar-refractivity contribution in [3.8, 4) is 11.5 Å². The van der Waals surface area contributed by atoms with Gasteiger partial charge in [-0.05, 0) is 31.4 Å². The summed E-state index contributed by atoms with van der Waals surface area (Å²) in [6, 6.07) is 3.87. The molecular weight excluding hydrogens is 280 g/mol. The molecule has 2 aromatic rings. The third-order valence-corrected chi connectivity index (χ3v) is 3.75. The lowest BCUT2D eigenvalue weighted by Gasteiger charge is -2.22. The Bertz CT molecular complexity index is 588. The van der Waals surface area contributed by atoms with E-state index in [9.17, 15) is 0 Å². The molecule has 0 amide bonds. The summed E-state index contributed by atoms with van der Waals surface area (Å²) in [4.78, 5) is 8.77. The zero-order valence-electron chi connectivity index (χ0n) is 13.1. The molecule has 1 saturated heterocycles. The minimum absolute atomic E-state index is 0.252. The molecule has 1 fully saturated rings. The van der Waals surface area contributed by atoms with Crippen molar-refractivity contribution < 1.29 is 9.26 Å². The number of anilines is 1. The highest BCUT2D eigenvalue weighted by Gasteiger charge is 2.14. The molecule has 118 valence electrons. The maximum atomic E-state index is 5.69. The molecule has 6 heteroatoms. The van der Waals surface area contributed by atoms with Crippen molar-refractivity contribution >= 4 is 5.82 Å². The van der Waals surface area contributed by atoms with Crippen molar-refractivity contribution in [2.24, 2.45) is 0 Å². The highest BCUT2D eigenvalue weighted by Crippen LogP contribution is 2.20. The molecule has 1 atom stereocenters. The van der Waals surface area contributed by atoms with Crippen molar-refractivity contribution in [2.75, 3.05) is 18.5 Å². The monoisotopic (exact) mass is 302 g/mol. The fraction of sp³-hybridized carbons (Fsp3) is 0.562. The first-order valence-corrected chi connectivity index (χ1v) is 7.88. The zero-order valence-corrected chi connectivity index (χ0v) is 13.1. The van der Waals surface area contributed by atoms with Gasteiger partial charge in [0.15, 0.2) is 5.82 Å². The molecule has 0 aliphatic carbocycles. The predicted octanol–water partition coefficient (Wildman–Crippen LogP) is 3.24. The van der Waals surface area contributed by atoms with Gasteiger partial charge in [-0.1, -0.05) is 19.0 Å². The Morgan fingerprint density at radius 3 is 2.86 bits per heavy atom. The molecule has 0 unspecified atom stereocenters. The van der Waals surface area contributed by atoms with E-state index in [1.165, 1.54) is 12.8 Å². The van der Waals surface area contributed by atoms with Gasteiger partial charge in [-0.15, -0.1) is 0 Å². The molecule has 2 aromatic heterocycles. The topological polar surface area (TPSA) is 73.1 Å². The van der Waals surface area contributed by atoms with E-state index in [4.69, 9.17) is 9.26 Å². The first-order valence-electron chi connectivity index (χ1n) is 7.88. The van der Waals surface area contributed by atoms with Crippen LogP contribution in [0.1, 0.15) is 44.9 Å². The second kappa shape index (κ2) is 6.87. The van der Waals surface area contributed by atoms with E-state index in [0.29, 0.717) is 17.8 Å². The van der Waals surface area contributed by atoms with Gasteiger partial charge in [0.1, 0.15) is 5.82 Å². The first-order chi connectivity index (χ1) is 10.7. The summed E-state index contributed by atoms with van der Waals surface area (Å²) in [6.45, 7) is 5.74. The Morgan fingerprint density at radius 2 is 2.23 bits per heavy atom. The fourth-order valence-electron chi connectivity index (χ4n) is 2.40. The quantitative estimate of drug-likeness (QED) is 0.914. The number of pyridine rings is 1. The van der Waals surface area contributed by atoms with Crippen LogP contribution in [-0.4, -0.2) is 34.4 Å². The van der Waals surface area contributed by atoms with E-state index in [1.807, 2.05) is 26.0 Å². The van der Waals surface area contributed by atoms with Gasteiger partial charge in [0, 0.05) is 25.3 Å². The van der Waals surface area contributed by atoms with E-state index in [2.05, 4.69) is 20.4 Å². The summed E-state index contributed by atoms with van der Waals surface area (Å²) in [6.07, 6.45) is 5.58. The lowest BCUT2D eigenvalue weighted by atomic mass is 10.1. The summed E-state index contributed by atoms with van der Waals surface area (Å²) in [5.41, 5.74) is 0.832. The Kier molecular flexibility index (Phi) is 4.68. The first kappa shape index (κ1) is 15.0. The van der Waals surface area contributed by atoms with Crippen LogP contribution in [0.5, 0.6) is 0 Å². The minimum atomic E-state index is 0.252. The minimum Gasteiger partial charge on any atom is -0.376 e. The molecule has 3 heterocycles. The molecule has 1 aliphatic rings. The van der Waals surface area contributed by atoms with E-state index in [-0.39, 0.29) is 5.92 Å². The molecule has 0 saturated carbocycles. The predicted molar refractivity (Wildman–Crippen MR) is 83.7 cm³/mol.